The zero-order valence-corrected chi connectivity index (χ0v) is 17.2. The summed E-state index contributed by atoms with van der Waals surface area (Å²) in [7, 11) is 0. The van der Waals surface area contributed by atoms with Gasteiger partial charge in [0.15, 0.2) is 0 Å². The fraction of sp³-hybridized carbons (Fsp3) is 0.524. The Labute approximate surface area is 173 Å². The number of amides is 1. The summed E-state index contributed by atoms with van der Waals surface area (Å²) in [6.07, 6.45) is 5.19. The maximum atomic E-state index is 12.6. The number of halogens is 1. The van der Waals surface area contributed by atoms with E-state index in [0.29, 0.717) is 17.8 Å². The SMILES string of the molecule is CC1CC(NC(=O)c2ccn(C3CCCNC3)n2)CN1Cc1ccccc1.Cl. The Morgan fingerprint density at radius 3 is 2.86 bits per heavy atom. The normalized spacial score (nSPS) is 25.2. The molecule has 2 N–H and O–H groups in total. The van der Waals surface area contributed by atoms with E-state index < -0.39 is 0 Å². The molecule has 1 aromatic heterocycles. The molecule has 2 aliphatic heterocycles. The predicted molar refractivity (Wildman–Crippen MR) is 113 cm³/mol. The molecule has 0 radical (unpaired) electrons. The zero-order valence-electron chi connectivity index (χ0n) is 16.4. The third kappa shape index (κ3) is 4.93. The highest BCUT2D eigenvalue weighted by atomic mass is 35.5. The number of nitrogens with zero attached hydrogens (tertiary/aromatic N) is 3. The number of carbonyl (C=O) groups is 1. The van der Waals surface area contributed by atoms with Gasteiger partial charge in [-0.25, -0.2) is 0 Å². The summed E-state index contributed by atoms with van der Waals surface area (Å²) in [5, 5.41) is 11.1. The monoisotopic (exact) mass is 403 g/mol. The van der Waals surface area contributed by atoms with Crippen LogP contribution in [0.4, 0.5) is 0 Å². The lowest BCUT2D eigenvalue weighted by Gasteiger charge is -2.22. The smallest absolute Gasteiger partial charge is 0.272 e. The van der Waals surface area contributed by atoms with E-state index in [1.54, 1.807) is 0 Å². The van der Waals surface area contributed by atoms with Crippen molar-refractivity contribution in [1.82, 2.24) is 25.3 Å². The van der Waals surface area contributed by atoms with Crippen molar-refractivity contribution in [2.75, 3.05) is 19.6 Å². The molecule has 4 rings (SSSR count). The minimum Gasteiger partial charge on any atom is -0.347 e. The number of carbonyl (C=O) groups excluding carboxylic acids is 1. The van der Waals surface area contributed by atoms with Crippen LogP contribution in [-0.2, 0) is 6.54 Å². The summed E-state index contributed by atoms with van der Waals surface area (Å²) < 4.78 is 1.94. The van der Waals surface area contributed by atoms with Gasteiger partial charge in [-0.2, -0.15) is 5.10 Å². The van der Waals surface area contributed by atoms with Gasteiger partial charge in [0, 0.05) is 37.9 Å². The fourth-order valence-electron chi connectivity index (χ4n) is 4.22. The molecule has 0 aliphatic carbocycles. The fourth-order valence-corrected chi connectivity index (χ4v) is 4.22. The van der Waals surface area contributed by atoms with Crippen molar-refractivity contribution in [1.29, 1.82) is 0 Å². The van der Waals surface area contributed by atoms with Crippen LogP contribution in [0.25, 0.3) is 0 Å². The number of likely N-dealkylation sites (tertiary alicyclic amines) is 1. The van der Waals surface area contributed by atoms with Crippen LogP contribution < -0.4 is 10.6 Å². The molecular formula is C21H30ClN5O. The molecule has 0 spiro atoms. The maximum absolute atomic E-state index is 12.6. The lowest BCUT2D eigenvalue weighted by atomic mass is 10.1. The van der Waals surface area contributed by atoms with E-state index in [-0.39, 0.29) is 24.4 Å². The Morgan fingerprint density at radius 2 is 2.11 bits per heavy atom. The topological polar surface area (TPSA) is 62.2 Å². The van der Waals surface area contributed by atoms with E-state index in [9.17, 15) is 4.79 Å². The van der Waals surface area contributed by atoms with Crippen LogP contribution in [-0.4, -0.2) is 52.3 Å². The molecule has 3 atom stereocenters. The molecule has 28 heavy (non-hydrogen) atoms. The van der Waals surface area contributed by atoms with E-state index in [2.05, 4.69) is 51.8 Å². The first-order valence-corrected chi connectivity index (χ1v) is 10.0. The van der Waals surface area contributed by atoms with Crippen molar-refractivity contribution in [2.24, 2.45) is 0 Å². The summed E-state index contributed by atoms with van der Waals surface area (Å²) in [6.45, 7) is 6.05. The second-order valence-corrected chi connectivity index (χ2v) is 7.85. The molecule has 152 valence electrons. The van der Waals surface area contributed by atoms with Gasteiger partial charge in [0.2, 0.25) is 0 Å². The Morgan fingerprint density at radius 1 is 1.29 bits per heavy atom. The van der Waals surface area contributed by atoms with E-state index in [4.69, 9.17) is 0 Å². The van der Waals surface area contributed by atoms with Gasteiger partial charge in [0.1, 0.15) is 5.69 Å². The van der Waals surface area contributed by atoms with Crippen LogP contribution in [0.2, 0.25) is 0 Å². The standard InChI is InChI=1S/C21H29N5O.ClH/c1-16-12-18(15-25(16)14-17-6-3-2-4-7-17)23-21(27)20-9-11-26(24-20)19-8-5-10-22-13-19;/h2-4,6-7,9,11,16,18-19,22H,5,8,10,12-15H2,1H3,(H,23,27);1H. The highest BCUT2D eigenvalue weighted by molar-refractivity contribution is 5.92. The molecule has 3 heterocycles. The first kappa shape index (κ1) is 20.8. The molecule has 6 nitrogen and oxygen atoms in total. The van der Waals surface area contributed by atoms with Gasteiger partial charge in [-0.1, -0.05) is 30.3 Å². The average molecular weight is 404 g/mol. The molecule has 2 aromatic rings. The summed E-state index contributed by atoms with van der Waals surface area (Å²) >= 11 is 0. The van der Waals surface area contributed by atoms with Gasteiger partial charge in [-0.15, -0.1) is 12.4 Å². The lowest BCUT2D eigenvalue weighted by Crippen LogP contribution is -2.37. The lowest BCUT2D eigenvalue weighted by molar-refractivity contribution is 0.0931. The van der Waals surface area contributed by atoms with Crippen LogP contribution in [0.3, 0.4) is 0 Å². The molecule has 2 fully saturated rings. The molecule has 0 saturated carbocycles. The highest BCUT2D eigenvalue weighted by Gasteiger charge is 2.30. The quantitative estimate of drug-likeness (QED) is 0.805. The van der Waals surface area contributed by atoms with Crippen molar-refractivity contribution in [2.45, 2.75) is 50.9 Å². The summed E-state index contributed by atoms with van der Waals surface area (Å²) in [4.78, 5) is 15.1. The Kier molecular flexibility index (Phi) is 7.10. The Balaban J connectivity index is 0.00000225. The van der Waals surface area contributed by atoms with E-state index in [1.807, 2.05) is 23.0 Å². The number of hydrogen-bond donors (Lipinski definition) is 2. The molecule has 3 unspecified atom stereocenters. The Bertz CT molecular complexity index is 759. The zero-order chi connectivity index (χ0) is 18.6. The van der Waals surface area contributed by atoms with Gasteiger partial charge in [-0.3, -0.25) is 14.4 Å². The molecule has 2 aliphatic rings. The molecule has 0 bridgehead atoms. The third-order valence-corrected chi connectivity index (χ3v) is 5.75. The van der Waals surface area contributed by atoms with E-state index >= 15 is 0 Å². The van der Waals surface area contributed by atoms with Crippen LogP contribution in [0, 0.1) is 0 Å². The number of piperidine rings is 1. The van der Waals surface area contributed by atoms with Crippen LogP contribution in [0.1, 0.15) is 48.3 Å². The number of rotatable bonds is 5. The second kappa shape index (κ2) is 9.54. The van der Waals surface area contributed by atoms with Gasteiger partial charge < -0.3 is 10.6 Å². The number of benzene rings is 1. The van der Waals surface area contributed by atoms with Crippen molar-refractivity contribution in [3.63, 3.8) is 0 Å². The van der Waals surface area contributed by atoms with Gasteiger partial charge in [-0.05, 0) is 44.4 Å². The summed E-state index contributed by atoms with van der Waals surface area (Å²) in [5.74, 6) is -0.0590. The molecule has 7 heteroatoms. The summed E-state index contributed by atoms with van der Waals surface area (Å²) in [6, 6.07) is 13.3. The van der Waals surface area contributed by atoms with Gasteiger partial charge >= 0.3 is 0 Å². The van der Waals surface area contributed by atoms with Crippen LogP contribution in [0.15, 0.2) is 42.6 Å². The first-order chi connectivity index (χ1) is 13.2. The van der Waals surface area contributed by atoms with Crippen molar-refractivity contribution in [3.8, 4) is 0 Å². The maximum Gasteiger partial charge on any atom is 0.272 e. The largest absolute Gasteiger partial charge is 0.347 e. The molecule has 1 aromatic carbocycles. The average Bonchev–Trinajstić information content (AvgIpc) is 3.31. The number of nitrogens with one attached hydrogen (secondary N) is 2. The van der Waals surface area contributed by atoms with Crippen molar-refractivity contribution in [3.05, 3.63) is 53.9 Å². The van der Waals surface area contributed by atoms with Gasteiger partial charge in [0.25, 0.3) is 5.91 Å². The second-order valence-electron chi connectivity index (χ2n) is 7.85. The molecule has 2 saturated heterocycles. The van der Waals surface area contributed by atoms with E-state index in [0.717, 1.165) is 45.4 Å². The van der Waals surface area contributed by atoms with Crippen molar-refractivity contribution < 1.29 is 4.79 Å². The number of aromatic nitrogens is 2. The van der Waals surface area contributed by atoms with E-state index in [1.165, 1.54) is 5.56 Å². The minimum absolute atomic E-state index is 0. The Hall–Kier alpha value is -1.89. The summed E-state index contributed by atoms with van der Waals surface area (Å²) in [5.41, 5.74) is 1.84. The number of hydrogen-bond acceptors (Lipinski definition) is 4. The minimum atomic E-state index is -0.0590. The van der Waals surface area contributed by atoms with Crippen LogP contribution >= 0.6 is 12.4 Å². The molecular weight excluding hydrogens is 374 g/mol. The van der Waals surface area contributed by atoms with Crippen LogP contribution in [0.5, 0.6) is 0 Å². The third-order valence-electron chi connectivity index (χ3n) is 5.75. The highest BCUT2D eigenvalue weighted by Crippen LogP contribution is 2.21. The predicted octanol–water partition coefficient (Wildman–Crippen LogP) is 2.62. The molecule has 1 amide bonds. The van der Waals surface area contributed by atoms with Crippen molar-refractivity contribution >= 4 is 18.3 Å². The van der Waals surface area contributed by atoms with Gasteiger partial charge in [0.05, 0.1) is 6.04 Å². The first-order valence-electron chi connectivity index (χ1n) is 10.0.